The van der Waals surface area contributed by atoms with Crippen LogP contribution in [0.15, 0.2) is 55.1 Å². The Morgan fingerprint density at radius 2 is 1.79 bits per heavy atom. The average molecular weight is 597 g/mol. The first-order valence-electron chi connectivity index (χ1n) is 13.5. The van der Waals surface area contributed by atoms with Gasteiger partial charge in [-0.25, -0.2) is 9.97 Å². The fourth-order valence-corrected chi connectivity index (χ4v) is 4.71. The van der Waals surface area contributed by atoms with Gasteiger partial charge in [-0.15, -0.1) is 0 Å². The summed E-state index contributed by atoms with van der Waals surface area (Å²) in [6, 6.07) is 10.2. The number of anilines is 5. The Hall–Kier alpha value is -4.76. The van der Waals surface area contributed by atoms with Crippen molar-refractivity contribution in [3.05, 3.63) is 71.8 Å². The highest BCUT2D eigenvalue weighted by molar-refractivity contribution is 6.05. The molecule has 1 aliphatic rings. The van der Waals surface area contributed by atoms with E-state index in [2.05, 4.69) is 36.0 Å². The molecule has 12 nitrogen and oxygen atoms in total. The van der Waals surface area contributed by atoms with Crippen LogP contribution in [0.1, 0.15) is 21.5 Å². The van der Waals surface area contributed by atoms with Gasteiger partial charge >= 0.3 is 6.18 Å². The number of hydrogen-bond donors (Lipinski definition) is 4. The smallest absolute Gasteiger partial charge is 0.395 e. The molecule has 0 spiro atoms. The maximum absolute atomic E-state index is 13.8. The summed E-state index contributed by atoms with van der Waals surface area (Å²) in [5.41, 5.74) is 1.11. The Morgan fingerprint density at radius 3 is 2.51 bits per heavy atom. The normalized spacial score (nSPS) is 14.0. The number of carbonyl (C=O) groups is 1. The van der Waals surface area contributed by atoms with E-state index in [0.717, 1.165) is 17.7 Å². The minimum absolute atomic E-state index is 0.0176. The molecule has 43 heavy (non-hydrogen) atoms. The molecule has 1 fully saturated rings. The monoisotopic (exact) mass is 596 g/mol. The standard InChI is InChI=1S/C28H31F3N10O2/c1-18-3-4-21(14-23(18)38-27-35-17-36-41(27)25-15-24(32-2)33-16-34-25)37-26(43)19-11-20(28(29,30)31)13-22(12-19)40-7-5-39(6-8-40)9-10-42/h3-4,11-17,42H,5-10H2,1-2H3,(H,37,43)(H,32,33,34)(H,35,36,38). The summed E-state index contributed by atoms with van der Waals surface area (Å²) in [5.74, 6) is 0.740. The Labute approximate surface area is 245 Å². The molecule has 1 aliphatic heterocycles. The lowest BCUT2D eigenvalue weighted by Gasteiger charge is -2.36. The van der Waals surface area contributed by atoms with E-state index in [9.17, 15) is 23.1 Å². The Bertz CT molecular complexity index is 1590. The maximum atomic E-state index is 13.8. The van der Waals surface area contributed by atoms with Crippen LogP contribution in [0, 0.1) is 6.92 Å². The maximum Gasteiger partial charge on any atom is 0.416 e. The number of nitrogens with one attached hydrogen (secondary N) is 3. The molecule has 2 aromatic heterocycles. The predicted octanol–water partition coefficient (Wildman–Crippen LogP) is 3.54. The number of β-amino-alcohol motifs (C(OH)–C–C–N with tert-alkyl or cyclic N) is 1. The molecule has 1 saturated heterocycles. The molecule has 0 saturated carbocycles. The summed E-state index contributed by atoms with van der Waals surface area (Å²) < 4.78 is 43.0. The zero-order chi connectivity index (χ0) is 30.6. The van der Waals surface area contributed by atoms with Gasteiger partial charge in [-0.1, -0.05) is 6.07 Å². The number of amides is 1. The van der Waals surface area contributed by atoms with E-state index in [-0.39, 0.29) is 12.2 Å². The number of alkyl halides is 3. The van der Waals surface area contributed by atoms with Crippen LogP contribution in [0.5, 0.6) is 0 Å². The largest absolute Gasteiger partial charge is 0.416 e. The highest BCUT2D eigenvalue weighted by Gasteiger charge is 2.33. The molecule has 226 valence electrons. The van der Waals surface area contributed by atoms with E-state index in [1.165, 1.54) is 23.4 Å². The van der Waals surface area contributed by atoms with E-state index < -0.39 is 17.6 Å². The lowest BCUT2D eigenvalue weighted by molar-refractivity contribution is -0.137. The minimum Gasteiger partial charge on any atom is -0.395 e. The summed E-state index contributed by atoms with van der Waals surface area (Å²) in [4.78, 5) is 29.7. The Balaban J connectivity index is 1.37. The van der Waals surface area contributed by atoms with Crippen molar-refractivity contribution in [1.82, 2.24) is 29.6 Å². The van der Waals surface area contributed by atoms with Crippen LogP contribution in [0.4, 0.5) is 42.0 Å². The van der Waals surface area contributed by atoms with E-state index >= 15 is 0 Å². The SMILES string of the molecule is CNc1cc(-n2ncnc2Nc2cc(NC(=O)c3cc(N4CCN(CCO)CC4)cc(C(F)(F)F)c3)ccc2C)ncn1. The predicted molar refractivity (Wildman–Crippen MR) is 156 cm³/mol. The Morgan fingerprint density at radius 1 is 1.00 bits per heavy atom. The van der Waals surface area contributed by atoms with E-state index in [1.54, 1.807) is 31.3 Å². The Kier molecular flexibility index (Phi) is 8.73. The van der Waals surface area contributed by atoms with Gasteiger partial charge in [0, 0.05) is 68.5 Å². The van der Waals surface area contributed by atoms with Gasteiger partial charge in [0.05, 0.1) is 12.2 Å². The van der Waals surface area contributed by atoms with Gasteiger partial charge in [0.1, 0.15) is 18.5 Å². The molecule has 5 rings (SSSR count). The van der Waals surface area contributed by atoms with E-state index in [0.29, 0.717) is 67.4 Å². The minimum atomic E-state index is -4.63. The van der Waals surface area contributed by atoms with Crippen LogP contribution < -0.4 is 20.9 Å². The second-order valence-electron chi connectivity index (χ2n) is 9.93. The molecule has 0 atom stereocenters. The third kappa shape index (κ3) is 7.01. The summed E-state index contributed by atoms with van der Waals surface area (Å²) in [7, 11) is 1.73. The van der Waals surface area contributed by atoms with Crippen molar-refractivity contribution in [3.63, 3.8) is 0 Å². The molecule has 15 heteroatoms. The first-order chi connectivity index (χ1) is 20.6. The van der Waals surface area contributed by atoms with Crippen LogP contribution in [0.25, 0.3) is 5.82 Å². The number of nitrogens with zero attached hydrogens (tertiary/aromatic N) is 7. The van der Waals surface area contributed by atoms with Gasteiger partial charge in [-0.05, 0) is 42.8 Å². The number of piperazine rings is 1. The molecule has 2 aromatic carbocycles. The molecule has 1 amide bonds. The molecule has 4 aromatic rings. The van der Waals surface area contributed by atoms with Crippen LogP contribution in [0.3, 0.4) is 0 Å². The third-order valence-corrected chi connectivity index (χ3v) is 7.08. The first kappa shape index (κ1) is 29.7. The highest BCUT2D eigenvalue weighted by atomic mass is 19.4. The van der Waals surface area contributed by atoms with Gasteiger partial charge in [0.15, 0.2) is 5.82 Å². The molecule has 0 bridgehead atoms. The molecular weight excluding hydrogens is 565 g/mol. The lowest BCUT2D eigenvalue weighted by Crippen LogP contribution is -2.47. The summed E-state index contributed by atoms with van der Waals surface area (Å²) in [6.07, 6.45) is -1.87. The third-order valence-electron chi connectivity index (χ3n) is 7.08. The number of aromatic nitrogens is 5. The number of aryl methyl sites for hydroxylation is 1. The highest BCUT2D eigenvalue weighted by Crippen LogP contribution is 2.34. The number of halogens is 3. The van der Waals surface area contributed by atoms with Gasteiger partial charge in [0.25, 0.3) is 5.91 Å². The van der Waals surface area contributed by atoms with Crippen LogP contribution in [0.2, 0.25) is 0 Å². The summed E-state index contributed by atoms with van der Waals surface area (Å²) in [6.45, 7) is 4.53. The molecule has 3 heterocycles. The second-order valence-corrected chi connectivity index (χ2v) is 9.93. The topological polar surface area (TPSA) is 136 Å². The van der Waals surface area contributed by atoms with Crippen molar-refractivity contribution in [3.8, 4) is 5.82 Å². The number of benzene rings is 2. The zero-order valence-corrected chi connectivity index (χ0v) is 23.6. The number of hydrogen-bond acceptors (Lipinski definition) is 10. The molecule has 0 unspecified atom stereocenters. The van der Waals surface area contributed by atoms with Crippen LogP contribution in [-0.2, 0) is 6.18 Å². The quantitative estimate of drug-likeness (QED) is 0.227. The second kappa shape index (κ2) is 12.6. The van der Waals surface area contributed by atoms with Crippen LogP contribution in [-0.4, -0.2) is 87.0 Å². The van der Waals surface area contributed by atoms with Gasteiger partial charge in [0.2, 0.25) is 5.95 Å². The lowest BCUT2D eigenvalue weighted by atomic mass is 10.1. The molecule has 0 radical (unpaired) electrons. The molecule has 0 aliphatic carbocycles. The number of aliphatic hydroxyl groups is 1. The average Bonchev–Trinajstić information content (AvgIpc) is 3.47. The van der Waals surface area contributed by atoms with Crippen LogP contribution >= 0.6 is 0 Å². The van der Waals surface area contributed by atoms with Crippen molar-refractivity contribution in [2.75, 3.05) is 67.2 Å². The van der Waals surface area contributed by atoms with Gasteiger partial charge < -0.3 is 26.0 Å². The fourth-order valence-electron chi connectivity index (χ4n) is 4.71. The van der Waals surface area contributed by atoms with Crippen molar-refractivity contribution in [2.24, 2.45) is 0 Å². The molecule has 4 N–H and O–H groups in total. The summed E-state index contributed by atoms with van der Waals surface area (Å²) >= 11 is 0. The summed E-state index contributed by atoms with van der Waals surface area (Å²) in [5, 5.41) is 22.3. The zero-order valence-electron chi connectivity index (χ0n) is 23.6. The van der Waals surface area contributed by atoms with Gasteiger partial charge in [-0.2, -0.15) is 27.9 Å². The van der Waals surface area contributed by atoms with E-state index in [1.807, 2.05) is 16.7 Å². The van der Waals surface area contributed by atoms with Crippen molar-refractivity contribution >= 4 is 34.7 Å². The van der Waals surface area contributed by atoms with Crippen molar-refractivity contribution in [2.45, 2.75) is 13.1 Å². The van der Waals surface area contributed by atoms with Crippen molar-refractivity contribution < 1.29 is 23.1 Å². The fraction of sp³-hybridized carbons (Fsp3) is 0.321. The van der Waals surface area contributed by atoms with Crippen molar-refractivity contribution in [1.29, 1.82) is 0 Å². The number of aliphatic hydroxyl groups excluding tert-OH is 1. The van der Waals surface area contributed by atoms with E-state index in [4.69, 9.17) is 0 Å². The first-order valence-corrected chi connectivity index (χ1v) is 13.5. The number of rotatable bonds is 9. The van der Waals surface area contributed by atoms with Gasteiger partial charge in [-0.3, -0.25) is 9.69 Å². The number of carbonyl (C=O) groups excluding carboxylic acids is 1. The molecular formula is C28H31F3N10O2.